The lowest BCUT2D eigenvalue weighted by Crippen LogP contribution is -2.28. The molecule has 1 atom stereocenters. The first-order valence-electron chi connectivity index (χ1n) is 7.75. The number of rotatable bonds is 8. The molecule has 116 valence electrons. The van der Waals surface area contributed by atoms with Crippen LogP contribution in [-0.4, -0.2) is 30.3 Å². The third kappa shape index (κ3) is 5.38. The summed E-state index contributed by atoms with van der Waals surface area (Å²) < 4.78 is 5.64. The summed E-state index contributed by atoms with van der Waals surface area (Å²) in [5.74, 6) is 1.64. The first kappa shape index (κ1) is 15.8. The minimum atomic E-state index is -0.372. The van der Waals surface area contributed by atoms with Gasteiger partial charge >= 0.3 is 0 Å². The van der Waals surface area contributed by atoms with Crippen molar-refractivity contribution < 1.29 is 14.6 Å². The highest BCUT2D eigenvalue weighted by atomic mass is 16.5. The predicted octanol–water partition coefficient (Wildman–Crippen LogP) is 2.61. The molecule has 1 unspecified atom stereocenters. The third-order valence-electron chi connectivity index (χ3n) is 3.79. The Morgan fingerprint density at radius 2 is 2.00 bits per heavy atom. The molecule has 0 radical (unpaired) electrons. The minimum Gasteiger partial charge on any atom is -0.493 e. The number of nitrogens with one attached hydrogen (secondary N) is 1. The average Bonchev–Trinajstić information content (AvgIpc) is 3.29. The van der Waals surface area contributed by atoms with Gasteiger partial charge in [0.15, 0.2) is 0 Å². The van der Waals surface area contributed by atoms with Crippen LogP contribution in [-0.2, 0) is 0 Å². The molecule has 1 aliphatic carbocycles. The molecule has 0 aromatic heterocycles. The van der Waals surface area contributed by atoms with Crippen LogP contribution >= 0.6 is 0 Å². The van der Waals surface area contributed by atoms with Crippen LogP contribution in [0.3, 0.4) is 0 Å². The summed E-state index contributed by atoms with van der Waals surface area (Å²) >= 11 is 0. The molecular weight excluding hydrogens is 266 g/mol. The molecule has 0 spiro atoms. The molecule has 0 aliphatic heterocycles. The largest absolute Gasteiger partial charge is 0.493 e. The molecular formula is C17H25NO3. The van der Waals surface area contributed by atoms with E-state index in [0.717, 1.165) is 18.3 Å². The molecule has 1 aliphatic rings. The molecule has 1 aromatic rings. The SMILES string of the molecule is CC(C)C(O)CCNC(=O)c1ccc(OCC2CC2)cc1. The summed E-state index contributed by atoms with van der Waals surface area (Å²) in [7, 11) is 0. The Bertz CT molecular complexity index is 452. The van der Waals surface area contributed by atoms with Crippen molar-refractivity contribution in [2.75, 3.05) is 13.2 Å². The zero-order valence-corrected chi connectivity index (χ0v) is 12.8. The Balaban J connectivity index is 1.73. The van der Waals surface area contributed by atoms with Gasteiger partial charge in [-0.2, -0.15) is 0 Å². The maximum Gasteiger partial charge on any atom is 0.251 e. The second-order valence-electron chi connectivity index (χ2n) is 6.13. The molecule has 0 heterocycles. The van der Waals surface area contributed by atoms with Gasteiger partial charge in [-0.1, -0.05) is 13.8 Å². The zero-order valence-electron chi connectivity index (χ0n) is 12.8. The number of aliphatic hydroxyl groups is 1. The van der Waals surface area contributed by atoms with Crippen LogP contribution in [0.2, 0.25) is 0 Å². The molecule has 1 fully saturated rings. The van der Waals surface area contributed by atoms with E-state index >= 15 is 0 Å². The molecule has 1 saturated carbocycles. The molecule has 2 N–H and O–H groups in total. The number of carbonyl (C=O) groups excluding carboxylic acids is 1. The summed E-state index contributed by atoms with van der Waals surface area (Å²) in [6.45, 7) is 5.19. The van der Waals surface area contributed by atoms with E-state index in [9.17, 15) is 9.90 Å². The fourth-order valence-electron chi connectivity index (χ4n) is 1.97. The predicted molar refractivity (Wildman–Crippen MR) is 82.5 cm³/mol. The van der Waals surface area contributed by atoms with E-state index in [1.165, 1.54) is 12.8 Å². The van der Waals surface area contributed by atoms with Gasteiger partial charge in [0, 0.05) is 12.1 Å². The first-order valence-corrected chi connectivity index (χ1v) is 7.75. The van der Waals surface area contributed by atoms with Gasteiger partial charge in [-0.05, 0) is 55.4 Å². The fourth-order valence-corrected chi connectivity index (χ4v) is 1.97. The van der Waals surface area contributed by atoms with Crippen molar-refractivity contribution in [3.63, 3.8) is 0 Å². The quantitative estimate of drug-likeness (QED) is 0.774. The van der Waals surface area contributed by atoms with Gasteiger partial charge in [0.05, 0.1) is 12.7 Å². The van der Waals surface area contributed by atoms with Crippen LogP contribution < -0.4 is 10.1 Å². The van der Waals surface area contributed by atoms with Gasteiger partial charge < -0.3 is 15.2 Å². The van der Waals surface area contributed by atoms with Gasteiger partial charge in [0.1, 0.15) is 5.75 Å². The van der Waals surface area contributed by atoms with Crippen molar-refractivity contribution in [3.8, 4) is 5.75 Å². The first-order chi connectivity index (χ1) is 10.1. The van der Waals surface area contributed by atoms with Crippen LogP contribution in [0.15, 0.2) is 24.3 Å². The highest BCUT2D eigenvalue weighted by Crippen LogP contribution is 2.29. The number of carbonyl (C=O) groups is 1. The summed E-state index contributed by atoms with van der Waals surface area (Å²) in [5.41, 5.74) is 0.618. The molecule has 4 heteroatoms. The van der Waals surface area contributed by atoms with Crippen LogP contribution in [0.5, 0.6) is 5.75 Å². The monoisotopic (exact) mass is 291 g/mol. The van der Waals surface area contributed by atoms with E-state index in [-0.39, 0.29) is 17.9 Å². The maximum atomic E-state index is 11.9. The zero-order chi connectivity index (χ0) is 15.2. The highest BCUT2D eigenvalue weighted by molar-refractivity contribution is 5.94. The highest BCUT2D eigenvalue weighted by Gasteiger charge is 2.21. The molecule has 21 heavy (non-hydrogen) atoms. The Morgan fingerprint density at radius 1 is 1.33 bits per heavy atom. The van der Waals surface area contributed by atoms with Crippen LogP contribution in [0.1, 0.15) is 43.5 Å². The van der Waals surface area contributed by atoms with E-state index < -0.39 is 0 Å². The third-order valence-corrected chi connectivity index (χ3v) is 3.79. The van der Waals surface area contributed by atoms with Gasteiger partial charge in [-0.3, -0.25) is 4.79 Å². The van der Waals surface area contributed by atoms with Crippen LogP contribution in [0.4, 0.5) is 0 Å². The Kier molecular flexibility index (Phi) is 5.62. The van der Waals surface area contributed by atoms with Crippen molar-refractivity contribution in [2.24, 2.45) is 11.8 Å². The maximum absolute atomic E-state index is 11.9. The Morgan fingerprint density at radius 3 is 2.57 bits per heavy atom. The molecule has 0 saturated heterocycles. The standard InChI is InChI=1S/C17H25NO3/c1-12(2)16(19)9-10-18-17(20)14-5-7-15(8-6-14)21-11-13-3-4-13/h5-8,12-13,16,19H,3-4,9-11H2,1-2H3,(H,18,20). The molecule has 4 nitrogen and oxygen atoms in total. The molecule has 0 bridgehead atoms. The Hall–Kier alpha value is -1.55. The fraction of sp³-hybridized carbons (Fsp3) is 0.588. The Labute approximate surface area is 126 Å². The van der Waals surface area contributed by atoms with Crippen molar-refractivity contribution in [2.45, 2.75) is 39.2 Å². The van der Waals surface area contributed by atoms with E-state index in [0.29, 0.717) is 18.5 Å². The summed E-state index contributed by atoms with van der Waals surface area (Å²) in [4.78, 5) is 11.9. The smallest absolute Gasteiger partial charge is 0.251 e. The lowest BCUT2D eigenvalue weighted by molar-refractivity contribution is 0.0920. The average molecular weight is 291 g/mol. The van der Waals surface area contributed by atoms with E-state index in [1.54, 1.807) is 12.1 Å². The summed E-state index contributed by atoms with van der Waals surface area (Å²) in [6.07, 6.45) is 2.74. The van der Waals surface area contributed by atoms with Crippen molar-refractivity contribution in [1.82, 2.24) is 5.32 Å². The number of benzene rings is 1. The number of hydrogen-bond donors (Lipinski definition) is 2. The number of hydrogen-bond acceptors (Lipinski definition) is 3. The van der Waals surface area contributed by atoms with Crippen molar-refractivity contribution in [1.29, 1.82) is 0 Å². The molecule has 1 aromatic carbocycles. The molecule has 2 rings (SSSR count). The van der Waals surface area contributed by atoms with Gasteiger partial charge in [-0.15, -0.1) is 0 Å². The second-order valence-corrected chi connectivity index (χ2v) is 6.13. The molecule has 1 amide bonds. The lowest BCUT2D eigenvalue weighted by atomic mass is 10.0. The van der Waals surface area contributed by atoms with Crippen molar-refractivity contribution in [3.05, 3.63) is 29.8 Å². The van der Waals surface area contributed by atoms with Gasteiger partial charge in [0.25, 0.3) is 5.91 Å². The van der Waals surface area contributed by atoms with Gasteiger partial charge in [0.2, 0.25) is 0 Å². The summed E-state index contributed by atoms with van der Waals surface area (Å²) in [5, 5.41) is 12.5. The van der Waals surface area contributed by atoms with Crippen molar-refractivity contribution >= 4 is 5.91 Å². The van der Waals surface area contributed by atoms with E-state index in [1.807, 2.05) is 26.0 Å². The van der Waals surface area contributed by atoms with Crippen LogP contribution in [0.25, 0.3) is 0 Å². The van der Waals surface area contributed by atoms with Gasteiger partial charge in [-0.25, -0.2) is 0 Å². The number of ether oxygens (including phenoxy) is 1. The number of amides is 1. The van der Waals surface area contributed by atoms with E-state index in [2.05, 4.69) is 5.32 Å². The second kappa shape index (κ2) is 7.46. The number of aliphatic hydroxyl groups excluding tert-OH is 1. The topological polar surface area (TPSA) is 58.6 Å². The normalized spacial score (nSPS) is 15.8. The lowest BCUT2D eigenvalue weighted by Gasteiger charge is -2.14. The van der Waals surface area contributed by atoms with E-state index in [4.69, 9.17) is 4.74 Å². The minimum absolute atomic E-state index is 0.111. The summed E-state index contributed by atoms with van der Waals surface area (Å²) in [6, 6.07) is 7.22. The van der Waals surface area contributed by atoms with Crippen LogP contribution in [0, 0.1) is 11.8 Å².